The van der Waals surface area contributed by atoms with Crippen molar-refractivity contribution in [3.63, 3.8) is 0 Å². The van der Waals surface area contributed by atoms with Crippen LogP contribution in [0.15, 0.2) is 18.2 Å². The number of anilines is 1. The van der Waals surface area contributed by atoms with Crippen molar-refractivity contribution in [3.05, 3.63) is 33.3 Å². The van der Waals surface area contributed by atoms with Gasteiger partial charge in [-0.2, -0.15) is 0 Å². The molecule has 0 aromatic heterocycles. The summed E-state index contributed by atoms with van der Waals surface area (Å²) in [6, 6.07) is 3.93. The van der Waals surface area contributed by atoms with Crippen LogP contribution in [0.4, 0.5) is 11.4 Å². The Hall–Kier alpha value is -1.66. The lowest BCUT2D eigenvalue weighted by atomic mass is 10.2. The van der Waals surface area contributed by atoms with E-state index in [9.17, 15) is 14.9 Å². The van der Waals surface area contributed by atoms with Crippen molar-refractivity contribution in [2.45, 2.75) is 13.3 Å². The summed E-state index contributed by atoms with van der Waals surface area (Å²) in [6.07, 6.45) is 0.321. The lowest BCUT2D eigenvalue weighted by molar-refractivity contribution is -0.384. The van der Waals surface area contributed by atoms with E-state index in [1.54, 1.807) is 0 Å². The van der Waals surface area contributed by atoms with Crippen molar-refractivity contribution in [2.75, 3.05) is 18.4 Å². The lowest BCUT2D eigenvalue weighted by Crippen LogP contribution is -2.21. The third-order valence-corrected chi connectivity index (χ3v) is 2.53. The molecular formula is C11H14ClN3O3. The maximum Gasteiger partial charge on any atom is 0.271 e. The Balaban J connectivity index is 2.62. The molecule has 0 aliphatic carbocycles. The maximum atomic E-state index is 11.5. The number of nitrogens with one attached hydrogen (secondary N) is 2. The van der Waals surface area contributed by atoms with Crippen LogP contribution in [-0.2, 0) is 4.79 Å². The van der Waals surface area contributed by atoms with Crippen molar-refractivity contribution >= 4 is 28.9 Å². The number of rotatable bonds is 6. The molecule has 2 N–H and O–H groups in total. The summed E-state index contributed by atoms with van der Waals surface area (Å²) in [7, 11) is 0. The quantitative estimate of drug-likeness (QED) is 0.472. The molecule has 1 aromatic carbocycles. The summed E-state index contributed by atoms with van der Waals surface area (Å²) in [6.45, 7) is 3.32. The summed E-state index contributed by atoms with van der Waals surface area (Å²) in [5.41, 5.74) is 0.273. The molecule has 0 radical (unpaired) electrons. The molecule has 0 bridgehead atoms. The lowest BCUT2D eigenvalue weighted by Gasteiger charge is -2.07. The summed E-state index contributed by atoms with van der Waals surface area (Å²) in [5, 5.41) is 16.3. The number of carbonyl (C=O) groups excluding carboxylic acids is 1. The van der Waals surface area contributed by atoms with E-state index in [1.165, 1.54) is 18.2 Å². The summed E-state index contributed by atoms with van der Waals surface area (Å²) in [4.78, 5) is 21.5. The van der Waals surface area contributed by atoms with Gasteiger partial charge in [0, 0.05) is 25.1 Å². The number of carbonyl (C=O) groups is 1. The minimum Gasteiger partial charge on any atom is -0.325 e. The highest BCUT2D eigenvalue weighted by Gasteiger charge is 2.11. The molecule has 7 heteroatoms. The Morgan fingerprint density at radius 2 is 2.22 bits per heavy atom. The molecule has 98 valence electrons. The maximum absolute atomic E-state index is 11.5. The Labute approximate surface area is 109 Å². The second-order valence-electron chi connectivity index (χ2n) is 3.57. The summed E-state index contributed by atoms with van der Waals surface area (Å²) >= 11 is 5.84. The number of nitrogens with zero attached hydrogens (tertiary/aromatic N) is 1. The fraction of sp³-hybridized carbons (Fsp3) is 0.364. The van der Waals surface area contributed by atoms with Gasteiger partial charge in [-0.3, -0.25) is 14.9 Å². The first-order valence-corrected chi connectivity index (χ1v) is 5.87. The number of hydrogen-bond acceptors (Lipinski definition) is 4. The number of amides is 1. The molecule has 0 heterocycles. The number of halogens is 1. The van der Waals surface area contributed by atoms with Gasteiger partial charge in [-0.05, 0) is 12.6 Å². The zero-order valence-electron chi connectivity index (χ0n) is 9.90. The Morgan fingerprint density at radius 1 is 1.50 bits per heavy atom. The second-order valence-corrected chi connectivity index (χ2v) is 3.98. The van der Waals surface area contributed by atoms with Gasteiger partial charge in [-0.25, -0.2) is 0 Å². The molecule has 0 aliphatic heterocycles. The molecular weight excluding hydrogens is 258 g/mol. The first-order chi connectivity index (χ1) is 8.54. The summed E-state index contributed by atoms with van der Waals surface area (Å²) < 4.78 is 0. The van der Waals surface area contributed by atoms with E-state index in [2.05, 4.69) is 10.6 Å². The Morgan fingerprint density at radius 3 is 2.78 bits per heavy atom. The molecule has 0 aliphatic rings. The van der Waals surface area contributed by atoms with Gasteiger partial charge in [0.2, 0.25) is 5.91 Å². The number of benzene rings is 1. The highest BCUT2D eigenvalue weighted by Crippen LogP contribution is 2.26. The van der Waals surface area contributed by atoms with Crippen LogP contribution < -0.4 is 10.6 Å². The average Bonchev–Trinajstić information content (AvgIpc) is 2.32. The predicted molar refractivity (Wildman–Crippen MR) is 69.9 cm³/mol. The van der Waals surface area contributed by atoms with Gasteiger partial charge < -0.3 is 10.6 Å². The van der Waals surface area contributed by atoms with Crippen LogP contribution in [0.3, 0.4) is 0 Å². The fourth-order valence-corrected chi connectivity index (χ4v) is 1.53. The zero-order valence-corrected chi connectivity index (χ0v) is 10.7. The molecule has 0 saturated carbocycles. The van der Waals surface area contributed by atoms with E-state index < -0.39 is 4.92 Å². The van der Waals surface area contributed by atoms with Crippen molar-refractivity contribution in [1.82, 2.24) is 5.32 Å². The molecule has 1 amide bonds. The van der Waals surface area contributed by atoms with E-state index >= 15 is 0 Å². The highest BCUT2D eigenvalue weighted by atomic mass is 35.5. The van der Waals surface area contributed by atoms with Crippen LogP contribution in [0.2, 0.25) is 5.02 Å². The van der Waals surface area contributed by atoms with E-state index in [1.807, 2.05) is 6.92 Å². The molecule has 0 unspecified atom stereocenters. The van der Waals surface area contributed by atoms with Crippen LogP contribution in [0.5, 0.6) is 0 Å². The van der Waals surface area contributed by atoms with E-state index in [0.29, 0.717) is 18.7 Å². The van der Waals surface area contributed by atoms with Gasteiger partial charge in [0.05, 0.1) is 15.6 Å². The first-order valence-electron chi connectivity index (χ1n) is 5.49. The van der Waals surface area contributed by atoms with Gasteiger partial charge in [-0.15, -0.1) is 0 Å². The number of non-ortho nitro benzene ring substituents is 1. The van der Waals surface area contributed by atoms with Crippen LogP contribution in [0, 0.1) is 10.1 Å². The zero-order chi connectivity index (χ0) is 13.5. The predicted octanol–water partition coefficient (Wildman–Crippen LogP) is 2.19. The van der Waals surface area contributed by atoms with Crippen molar-refractivity contribution < 1.29 is 9.72 Å². The third-order valence-electron chi connectivity index (χ3n) is 2.22. The minimum absolute atomic E-state index is 0.106. The number of nitro groups is 1. The topological polar surface area (TPSA) is 84.3 Å². The van der Waals surface area contributed by atoms with E-state index in [-0.39, 0.29) is 16.6 Å². The van der Waals surface area contributed by atoms with Crippen LogP contribution in [-0.4, -0.2) is 23.9 Å². The highest BCUT2D eigenvalue weighted by molar-refractivity contribution is 6.33. The van der Waals surface area contributed by atoms with Crippen molar-refractivity contribution in [1.29, 1.82) is 0 Å². The van der Waals surface area contributed by atoms with E-state index in [0.717, 1.165) is 6.54 Å². The molecule has 0 saturated heterocycles. The van der Waals surface area contributed by atoms with E-state index in [4.69, 9.17) is 11.6 Å². The smallest absolute Gasteiger partial charge is 0.271 e. The third kappa shape index (κ3) is 4.31. The standard InChI is InChI=1S/C11H14ClN3O3/c1-2-13-6-5-11(16)14-10-4-3-8(15(17)18)7-9(10)12/h3-4,7,13H,2,5-6H2,1H3,(H,14,16). The number of hydrogen-bond donors (Lipinski definition) is 2. The van der Waals surface area contributed by atoms with Crippen molar-refractivity contribution in [3.8, 4) is 0 Å². The monoisotopic (exact) mass is 271 g/mol. The summed E-state index contributed by atoms with van der Waals surface area (Å²) in [5.74, 6) is -0.188. The van der Waals surface area contributed by atoms with Gasteiger partial charge in [0.15, 0.2) is 0 Å². The molecule has 18 heavy (non-hydrogen) atoms. The normalized spacial score (nSPS) is 10.1. The Kier molecular flexibility index (Phi) is 5.54. The van der Waals surface area contributed by atoms with Crippen LogP contribution in [0.1, 0.15) is 13.3 Å². The second kappa shape index (κ2) is 6.93. The van der Waals surface area contributed by atoms with Crippen LogP contribution >= 0.6 is 11.6 Å². The largest absolute Gasteiger partial charge is 0.325 e. The average molecular weight is 272 g/mol. The van der Waals surface area contributed by atoms with Gasteiger partial charge in [0.1, 0.15) is 0 Å². The molecule has 0 fully saturated rings. The van der Waals surface area contributed by atoms with Crippen LogP contribution in [0.25, 0.3) is 0 Å². The minimum atomic E-state index is -0.539. The molecule has 1 rings (SSSR count). The molecule has 6 nitrogen and oxygen atoms in total. The van der Waals surface area contributed by atoms with Gasteiger partial charge >= 0.3 is 0 Å². The SMILES string of the molecule is CCNCCC(=O)Nc1ccc([N+](=O)[O-])cc1Cl. The molecule has 0 atom stereocenters. The fourth-order valence-electron chi connectivity index (χ4n) is 1.31. The van der Waals surface area contributed by atoms with Gasteiger partial charge in [-0.1, -0.05) is 18.5 Å². The number of nitro benzene ring substituents is 1. The van der Waals surface area contributed by atoms with Crippen molar-refractivity contribution in [2.24, 2.45) is 0 Å². The first kappa shape index (κ1) is 14.4. The Bertz CT molecular complexity index is 451. The van der Waals surface area contributed by atoms with Gasteiger partial charge in [0.25, 0.3) is 5.69 Å². The molecule has 0 spiro atoms. The molecule has 1 aromatic rings.